The van der Waals surface area contributed by atoms with Crippen molar-refractivity contribution >= 4 is 27.7 Å². The highest BCUT2D eigenvalue weighted by molar-refractivity contribution is 7.90. The monoisotopic (exact) mass is 485 g/mol. The molecule has 0 radical (unpaired) electrons. The van der Waals surface area contributed by atoms with Crippen molar-refractivity contribution in [2.45, 2.75) is 63.6 Å². The Kier molecular flexibility index (Phi) is 8.09. The second kappa shape index (κ2) is 10.8. The Hall–Kier alpha value is -3.20. The second-order valence-electron chi connectivity index (χ2n) is 8.38. The summed E-state index contributed by atoms with van der Waals surface area (Å²) >= 11 is 0. The Bertz CT molecular complexity index is 1150. The molecule has 1 aliphatic heterocycles. The van der Waals surface area contributed by atoms with Crippen LogP contribution in [-0.2, 0) is 26.2 Å². The molecular weight excluding hydrogens is 454 g/mol. The van der Waals surface area contributed by atoms with Gasteiger partial charge in [-0.3, -0.25) is 14.4 Å². The molecule has 0 aliphatic carbocycles. The third kappa shape index (κ3) is 5.30. The van der Waals surface area contributed by atoms with Crippen molar-refractivity contribution < 1.29 is 22.8 Å². The van der Waals surface area contributed by atoms with Crippen LogP contribution in [0.2, 0.25) is 0 Å². The second-order valence-corrected chi connectivity index (χ2v) is 10.2. The number of rotatable bonds is 10. The summed E-state index contributed by atoms with van der Waals surface area (Å²) in [5, 5.41) is 2.94. The smallest absolute Gasteiger partial charge is 0.269 e. The van der Waals surface area contributed by atoms with Crippen LogP contribution in [0.1, 0.15) is 56.0 Å². The quantitative estimate of drug-likeness (QED) is 0.557. The van der Waals surface area contributed by atoms with Gasteiger partial charge in [-0.2, -0.15) is 0 Å². The first kappa shape index (κ1) is 25.4. The molecule has 1 heterocycles. The number of carbonyl (C=O) groups excluding carboxylic acids is 3. The minimum atomic E-state index is -4.00. The number of amides is 3. The van der Waals surface area contributed by atoms with Gasteiger partial charge in [0.25, 0.3) is 15.9 Å². The SMILES string of the molecule is CC[C@H](C(=O)N[C@@H](C)CC)N(Cc1ccccc1)C(=O)CCN1C(=O)c2ccccc2S1(=O)=O. The lowest BCUT2D eigenvalue weighted by Gasteiger charge is -2.32. The molecule has 1 N–H and O–H groups in total. The molecule has 0 saturated heterocycles. The van der Waals surface area contributed by atoms with Crippen LogP contribution in [-0.4, -0.2) is 54.0 Å². The van der Waals surface area contributed by atoms with Gasteiger partial charge in [0.05, 0.1) is 5.56 Å². The molecule has 3 rings (SSSR count). The van der Waals surface area contributed by atoms with Gasteiger partial charge in [-0.05, 0) is 37.5 Å². The van der Waals surface area contributed by atoms with Gasteiger partial charge < -0.3 is 10.2 Å². The Balaban J connectivity index is 1.81. The maximum Gasteiger partial charge on any atom is 0.269 e. The molecule has 0 unspecified atom stereocenters. The lowest BCUT2D eigenvalue weighted by Crippen LogP contribution is -2.51. The number of nitrogens with one attached hydrogen (secondary N) is 1. The zero-order valence-electron chi connectivity index (χ0n) is 19.7. The molecule has 8 nitrogen and oxygen atoms in total. The van der Waals surface area contributed by atoms with E-state index in [-0.39, 0.29) is 41.9 Å². The summed E-state index contributed by atoms with van der Waals surface area (Å²) in [5.74, 6) is -1.29. The summed E-state index contributed by atoms with van der Waals surface area (Å²) in [4.78, 5) is 40.5. The normalized spacial score (nSPS) is 16.0. The van der Waals surface area contributed by atoms with Crippen molar-refractivity contribution in [3.8, 4) is 0 Å². The predicted octanol–water partition coefficient (Wildman–Crippen LogP) is 2.94. The Morgan fingerprint density at radius 3 is 2.26 bits per heavy atom. The number of fused-ring (bicyclic) bond motifs is 1. The molecule has 0 bridgehead atoms. The number of benzene rings is 2. The fourth-order valence-electron chi connectivity index (χ4n) is 3.93. The molecule has 3 amide bonds. The first-order valence-corrected chi connectivity index (χ1v) is 12.9. The van der Waals surface area contributed by atoms with Gasteiger partial charge >= 0.3 is 0 Å². The molecule has 9 heteroatoms. The fourth-order valence-corrected chi connectivity index (χ4v) is 5.50. The van der Waals surface area contributed by atoms with Gasteiger partial charge in [-0.1, -0.05) is 56.3 Å². The van der Waals surface area contributed by atoms with Crippen LogP contribution in [0.25, 0.3) is 0 Å². The Morgan fingerprint density at radius 1 is 1.00 bits per heavy atom. The van der Waals surface area contributed by atoms with E-state index >= 15 is 0 Å². The largest absolute Gasteiger partial charge is 0.352 e. The third-order valence-corrected chi connectivity index (χ3v) is 7.86. The molecule has 0 spiro atoms. The maximum absolute atomic E-state index is 13.4. The predicted molar refractivity (Wildman–Crippen MR) is 128 cm³/mol. The van der Waals surface area contributed by atoms with Gasteiger partial charge in [0.15, 0.2) is 0 Å². The first-order valence-electron chi connectivity index (χ1n) is 11.5. The van der Waals surface area contributed by atoms with E-state index in [4.69, 9.17) is 0 Å². The van der Waals surface area contributed by atoms with E-state index < -0.39 is 27.9 Å². The van der Waals surface area contributed by atoms with E-state index in [0.29, 0.717) is 6.42 Å². The van der Waals surface area contributed by atoms with Gasteiger partial charge in [-0.15, -0.1) is 0 Å². The minimum absolute atomic E-state index is 0.0407. The lowest BCUT2D eigenvalue weighted by molar-refractivity contribution is -0.141. The van der Waals surface area contributed by atoms with E-state index in [9.17, 15) is 22.8 Å². The highest BCUT2D eigenvalue weighted by Crippen LogP contribution is 2.30. The van der Waals surface area contributed by atoms with Crippen LogP contribution in [0, 0.1) is 0 Å². The lowest BCUT2D eigenvalue weighted by atomic mass is 10.1. The highest BCUT2D eigenvalue weighted by Gasteiger charge is 2.41. The van der Waals surface area contributed by atoms with Crippen molar-refractivity contribution in [1.82, 2.24) is 14.5 Å². The van der Waals surface area contributed by atoms with Crippen LogP contribution >= 0.6 is 0 Å². The molecule has 2 atom stereocenters. The molecule has 0 aromatic heterocycles. The summed E-state index contributed by atoms with van der Waals surface area (Å²) in [7, 11) is -4.00. The van der Waals surface area contributed by atoms with Gasteiger partial charge in [0.1, 0.15) is 10.9 Å². The van der Waals surface area contributed by atoms with Crippen molar-refractivity contribution in [2.75, 3.05) is 6.54 Å². The third-order valence-electron chi connectivity index (χ3n) is 6.02. The fraction of sp³-hybridized carbons (Fsp3) is 0.400. The van der Waals surface area contributed by atoms with E-state index in [0.717, 1.165) is 16.3 Å². The topological polar surface area (TPSA) is 104 Å². The molecular formula is C25H31N3O5S. The summed E-state index contributed by atoms with van der Waals surface area (Å²) in [6, 6.07) is 14.6. The zero-order valence-corrected chi connectivity index (χ0v) is 20.5. The van der Waals surface area contributed by atoms with Crippen molar-refractivity contribution in [3.63, 3.8) is 0 Å². The van der Waals surface area contributed by atoms with Crippen molar-refractivity contribution in [1.29, 1.82) is 0 Å². The summed E-state index contributed by atoms with van der Waals surface area (Å²) in [6.45, 7) is 5.60. The average molecular weight is 486 g/mol. The van der Waals surface area contributed by atoms with Gasteiger partial charge in [-0.25, -0.2) is 12.7 Å². The standard InChI is InChI=1S/C25H31N3O5S/c1-4-18(3)26-24(30)21(5-2)27(17-19-11-7-6-8-12-19)23(29)15-16-28-25(31)20-13-9-10-14-22(20)34(28,32)33/h6-14,18,21H,4-5,15-17H2,1-3H3,(H,26,30)/t18-,21+/m0/s1. The van der Waals surface area contributed by atoms with E-state index in [2.05, 4.69) is 5.32 Å². The molecule has 34 heavy (non-hydrogen) atoms. The van der Waals surface area contributed by atoms with Gasteiger partial charge in [0, 0.05) is 25.6 Å². The number of hydrogen-bond donors (Lipinski definition) is 1. The van der Waals surface area contributed by atoms with Crippen molar-refractivity contribution in [2.24, 2.45) is 0 Å². The van der Waals surface area contributed by atoms with Crippen LogP contribution in [0.3, 0.4) is 0 Å². The number of carbonyl (C=O) groups is 3. The average Bonchev–Trinajstić information content (AvgIpc) is 3.03. The molecule has 0 fully saturated rings. The summed E-state index contributed by atoms with van der Waals surface area (Å²) < 4.78 is 26.4. The first-order chi connectivity index (χ1) is 16.2. The van der Waals surface area contributed by atoms with Crippen LogP contribution in [0.5, 0.6) is 0 Å². The summed E-state index contributed by atoms with van der Waals surface area (Å²) in [5.41, 5.74) is 0.957. The summed E-state index contributed by atoms with van der Waals surface area (Å²) in [6.07, 6.45) is 0.927. The molecule has 2 aromatic rings. The maximum atomic E-state index is 13.4. The van der Waals surface area contributed by atoms with Gasteiger partial charge in [0.2, 0.25) is 11.8 Å². The van der Waals surface area contributed by atoms with E-state index in [1.807, 2.05) is 51.1 Å². The van der Waals surface area contributed by atoms with Crippen LogP contribution in [0.4, 0.5) is 0 Å². The number of hydrogen-bond acceptors (Lipinski definition) is 5. The van der Waals surface area contributed by atoms with E-state index in [1.54, 1.807) is 12.1 Å². The number of nitrogens with zero attached hydrogens (tertiary/aromatic N) is 2. The van der Waals surface area contributed by atoms with E-state index in [1.165, 1.54) is 17.0 Å². The number of sulfonamides is 1. The zero-order chi connectivity index (χ0) is 24.9. The Labute approximate surface area is 201 Å². The molecule has 0 saturated carbocycles. The van der Waals surface area contributed by atoms with Crippen molar-refractivity contribution in [3.05, 3.63) is 65.7 Å². The highest BCUT2D eigenvalue weighted by atomic mass is 32.2. The minimum Gasteiger partial charge on any atom is -0.352 e. The van der Waals surface area contributed by atoms with Crippen LogP contribution < -0.4 is 5.32 Å². The molecule has 182 valence electrons. The molecule has 1 aliphatic rings. The van der Waals surface area contributed by atoms with Crippen LogP contribution in [0.15, 0.2) is 59.5 Å². The molecule has 2 aromatic carbocycles. The Morgan fingerprint density at radius 2 is 1.65 bits per heavy atom.